The molecule has 4 aromatic rings. The molecule has 3 aromatic carbocycles. The van der Waals surface area contributed by atoms with Crippen molar-refractivity contribution in [3.05, 3.63) is 99.9 Å². The predicted octanol–water partition coefficient (Wildman–Crippen LogP) is 6.48. The van der Waals surface area contributed by atoms with Crippen molar-refractivity contribution in [2.24, 2.45) is 0 Å². The molecular weight excluding hydrogens is 450 g/mol. The van der Waals surface area contributed by atoms with Gasteiger partial charge in [-0.3, -0.25) is 14.6 Å². The van der Waals surface area contributed by atoms with Gasteiger partial charge in [0.25, 0.3) is 5.91 Å². The number of carbonyl (C=O) groups is 1. The minimum Gasteiger partial charge on any atom is -0.321 e. The SMILES string of the molecule is Cc1ccc(CN2CCCN(Cc3cccc(NC(=O)c4cc5ccccc5s4)c3)CC2)cc1C. The number of hydrogen-bond donors (Lipinski definition) is 1. The zero-order valence-corrected chi connectivity index (χ0v) is 21.4. The fraction of sp³-hybridized carbons (Fsp3) is 0.300. The van der Waals surface area contributed by atoms with Crippen LogP contribution in [0.4, 0.5) is 5.69 Å². The molecule has 4 nitrogen and oxygen atoms in total. The third-order valence-electron chi connectivity index (χ3n) is 6.90. The predicted molar refractivity (Wildman–Crippen MR) is 147 cm³/mol. The van der Waals surface area contributed by atoms with Gasteiger partial charge in [-0.1, -0.05) is 48.5 Å². The van der Waals surface area contributed by atoms with Crippen LogP contribution < -0.4 is 5.32 Å². The Labute approximate surface area is 212 Å². The summed E-state index contributed by atoms with van der Waals surface area (Å²) in [5.74, 6) is -0.0416. The molecule has 1 saturated heterocycles. The number of anilines is 1. The minimum absolute atomic E-state index is 0.0416. The van der Waals surface area contributed by atoms with Gasteiger partial charge in [0.1, 0.15) is 0 Å². The molecule has 0 unspecified atom stereocenters. The van der Waals surface area contributed by atoms with Gasteiger partial charge in [-0.2, -0.15) is 0 Å². The maximum absolute atomic E-state index is 12.8. The Morgan fingerprint density at radius 2 is 1.54 bits per heavy atom. The Morgan fingerprint density at radius 1 is 0.800 bits per heavy atom. The lowest BCUT2D eigenvalue weighted by Gasteiger charge is -2.22. The van der Waals surface area contributed by atoms with E-state index in [1.165, 1.54) is 40.0 Å². The van der Waals surface area contributed by atoms with Crippen molar-refractivity contribution >= 4 is 33.0 Å². The summed E-state index contributed by atoms with van der Waals surface area (Å²) in [7, 11) is 0. The van der Waals surface area contributed by atoms with Crippen molar-refractivity contribution in [1.82, 2.24) is 9.80 Å². The molecule has 1 aliphatic heterocycles. The largest absolute Gasteiger partial charge is 0.321 e. The third kappa shape index (κ3) is 5.99. The Bertz CT molecular complexity index is 1300. The van der Waals surface area contributed by atoms with Gasteiger partial charge in [-0.15, -0.1) is 11.3 Å². The van der Waals surface area contributed by atoms with Crippen molar-refractivity contribution in [3.8, 4) is 0 Å². The van der Waals surface area contributed by atoms with E-state index in [4.69, 9.17) is 0 Å². The molecule has 1 aliphatic rings. The lowest BCUT2D eigenvalue weighted by atomic mass is 10.1. The quantitative estimate of drug-likeness (QED) is 0.341. The summed E-state index contributed by atoms with van der Waals surface area (Å²) in [5.41, 5.74) is 6.23. The highest BCUT2D eigenvalue weighted by Crippen LogP contribution is 2.26. The van der Waals surface area contributed by atoms with Crippen molar-refractivity contribution in [3.63, 3.8) is 0 Å². The topological polar surface area (TPSA) is 35.6 Å². The summed E-state index contributed by atoms with van der Waals surface area (Å²) in [6.45, 7) is 10.7. The normalized spacial score (nSPS) is 15.3. The van der Waals surface area contributed by atoms with E-state index < -0.39 is 0 Å². The molecule has 0 aliphatic carbocycles. The number of aryl methyl sites for hydroxylation is 2. The van der Waals surface area contributed by atoms with Crippen molar-refractivity contribution in [2.45, 2.75) is 33.4 Å². The number of nitrogens with one attached hydrogen (secondary N) is 1. The smallest absolute Gasteiger partial charge is 0.265 e. The fourth-order valence-electron chi connectivity index (χ4n) is 4.79. The highest BCUT2D eigenvalue weighted by atomic mass is 32.1. The number of benzene rings is 3. The second kappa shape index (κ2) is 10.7. The highest BCUT2D eigenvalue weighted by Gasteiger charge is 2.16. The molecular formula is C30H33N3OS. The van der Waals surface area contributed by atoms with E-state index in [-0.39, 0.29) is 5.91 Å². The van der Waals surface area contributed by atoms with Crippen LogP contribution in [0.5, 0.6) is 0 Å². The first-order valence-corrected chi connectivity index (χ1v) is 13.2. The second-order valence-corrected chi connectivity index (χ2v) is 10.7. The standard InChI is InChI=1S/C30H33N3OS/c1-22-11-12-25(17-23(22)2)21-33-14-6-13-32(15-16-33)20-24-7-5-9-27(18-24)31-30(34)29-19-26-8-3-4-10-28(26)35-29/h3-5,7-12,17-19H,6,13-16,20-21H2,1-2H3,(H,31,34). The Kier molecular flexibility index (Phi) is 7.28. The van der Waals surface area contributed by atoms with Crippen LogP contribution in [-0.4, -0.2) is 41.9 Å². The van der Waals surface area contributed by atoms with E-state index in [0.717, 1.165) is 59.9 Å². The Morgan fingerprint density at radius 3 is 2.29 bits per heavy atom. The molecule has 0 saturated carbocycles. The monoisotopic (exact) mass is 483 g/mol. The lowest BCUT2D eigenvalue weighted by molar-refractivity contribution is 0.103. The number of rotatable bonds is 6. The number of hydrogen-bond acceptors (Lipinski definition) is 4. The highest BCUT2D eigenvalue weighted by molar-refractivity contribution is 7.20. The second-order valence-electron chi connectivity index (χ2n) is 9.63. The van der Waals surface area contributed by atoms with Gasteiger partial charge in [0.2, 0.25) is 0 Å². The molecule has 1 aromatic heterocycles. The van der Waals surface area contributed by atoms with E-state index in [2.05, 4.69) is 65.4 Å². The minimum atomic E-state index is -0.0416. The van der Waals surface area contributed by atoms with Gasteiger partial charge in [-0.25, -0.2) is 0 Å². The molecule has 0 radical (unpaired) electrons. The fourth-order valence-corrected chi connectivity index (χ4v) is 5.75. The molecule has 2 heterocycles. The number of thiophene rings is 1. The van der Waals surface area contributed by atoms with Crippen molar-refractivity contribution in [2.75, 3.05) is 31.5 Å². The maximum atomic E-state index is 12.8. The maximum Gasteiger partial charge on any atom is 0.265 e. The molecule has 0 spiro atoms. The van der Waals surface area contributed by atoms with E-state index >= 15 is 0 Å². The van der Waals surface area contributed by atoms with Gasteiger partial charge >= 0.3 is 0 Å². The summed E-state index contributed by atoms with van der Waals surface area (Å²) in [5, 5.41) is 4.21. The molecule has 0 bridgehead atoms. The van der Waals surface area contributed by atoms with Crippen LogP contribution in [0.15, 0.2) is 72.8 Å². The van der Waals surface area contributed by atoms with Gasteiger partial charge in [0, 0.05) is 36.6 Å². The van der Waals surface area contributed by atoms with Crippen LogP contribution in [-0.2, 0) is 13.1 Å². The molecule has 35 heavy (non-hydrogen) atoms. The van der Waals surface area contributed by atoms with Gasteiger partial charge in [0.05, 0.1) is 4.88 Å². The zero-order chi connectivity index (χ0) is 24.2. The van der Waals surface area contributed by atoms with Crippen LogP contribution in [0, 0.1) is 13.8 Å². The van der Waals surface area contributed by atoms with E-state index in [1.807, 2.05) is 36.4 Å². The summed E-state index contributed by atoms with van der Waals surface area (Å²) in [6, 6.07) is 25.2. The number of carbonyl (C=O) groups excluding carboxylic acids is 1. The van der Waals surface area contributed by atoms with Crippen molar-refractivity contribution in [1.29, 1.82) is 0 Å². The first-order chi connectivity index (χ1) is 17.0. The van der Waals surface area contributed by atoms with Crippen molar-refractivity contribution < 1.29 is 4.79 Å². The van der Waals surface area contributed by atoms with E-state index in [1.54, 1.807) is 0 Å². The van der Waals surface area contributed by atoms with Crippen LogP contribution in [0.1, 0.15) is 38.3 Å². The first kappa shape index (κ1) is 23.7. The molecule has 1 fully saturated rings. The van der Waals surface area contributed by atoms with Crippen LogP contribution in [0.3, 0.4) is 0 Å². The van der Waals surface area contributed by atoms with E-state index in [9.17, 15) is 4.79 Å². The third-order valence-corrected chi connectivity index (χ3v) is 8.01. The molecule has 180 valence electrons. The molecule has 5 rings (SSSR count). The number of amides is 1. The number of nitrogens with zero attached hydrogens (tertiary/aromatic N) is 2. The zero-order valence-electron chi connectivity index (χ0n) is 20.6. The summed E-state index contributed by atoms with van der Waals surface area (Å²) in [4.78, 5) is 18.7. The summed E-state index contributed by atoms with van der Waals surface area (Å²) < 4.78 is 1.14. The van der Waals surface area contributed by atoms with Crippen LogP contribution in [0.25, 0.3) is 10.1 Å². The van der Waals surface area contributed by atoms with Crippen LogP contribution >= 0.6 is 11.3 Å². The van der Waals surface area contributed by atoms with Gasteiger partial charge < -0.3 is 5.32 Å². The molecule has 1 amide bonds. The molecule has 0 atom stereocenters. The summed E-state index contributed by atoms with van der Waals surface area (Å²) in [6.07, 6.45) is 1.17. The van der Waals surface area contributed by atoms with Gasteiger partial charge in [0.15, 0.2) is 0 Å². The molecule has 1 N–H and O–H groups in total. The lowest BCUT2D eigenvalue weighted by Crippen LogP contribution is -2.30. The molecule has 5 heteroatoms. The summed E-state index contributed by atoms with van der Waals surface area (Å²) >= 11 is 1.54. The number of fused-ring (bicyclic) bond motifs is 1. The van der Waals surface area contributed by atoms with E-state index in [0.29, 0.717) is 0 Å². The average Bonchev–Trinajstić information content (AvgIpc) is 3.18. The average molecular weight is 484 g/mol. The van der Waals surface area contributed by atoms with Gasteiger partial charge in [-0.05, 0) is 85.3 Å². The van der Waals surface area contributed by atoms with Crippen LogP contribution in [0.2, 0.25) is 0 Å². The Balaban J connectivity index is 1.17. The first-order valence-electron chi connectivity index (χ1n) is 12.4. The Hall–Kier alpha value is -2.99.